The predicted octanol–water partition coefficient (Wildman–Crippen LogP) is 4.27. The molecule has 0 saturated heterocycles. The molecule has 0 radical (unpaired) electrons. The van der Waals surface area contributed by atoms with Gasteiger partial charge in [0.1, 0.15) is 0 Å². The number of benzene rings is 1. The molecule has 1 rings (SSSR count). The van der Waals surface area contributed by atoms with Crippen LogP contribution in [0.3, 0.4) is 0 Å². The Bertz CT molecular complexity index is 370. The summed E-state index contributed by atoms with van der Waals surface area (Å²) in [5.74, 6) is 0.723. The van der Waals surface area contributed by atoms with E-state index in [0.717, 1.165) is 25.6 Å². The Morgan fingerprint density at radius 3 is 2.24 bits per heavy atom. The second kappa shape index (κ2) is 9.97. The van der Waals surface area contributed by atoms with Crippen LogP contribution in [-0.4, -0.2) is 31.6 Å². The van der Waals surface area contributed by atoms with Gasteiger partial charge in [0.25, 0.3) is 0 Å². The second-order valence-electron chi connectivity index (χ2n) is 6.61. The third-order valence-electron chi connectivity index (χ3n) is 3.77. The molecule has 0 aliphatic rings. The lowest BCUT2D eigenvalue weighted by Gasteiger charge is -2.25. The van der Waals surface area contributed by atoms with Crippen molar-refractivity contribution in [2.24, 2.45) is 5.92 Å². The highest BCUT2D eigenvalue weighted by atomic mass is 15.1. The third kappa shape index (κ3) is 7.10. The first-order valence-electron chi connectivity index (χ1n) is 8.57. The average molecular weight is 290 g/mol. The summed E-state index contributed by atoms with van der Waals surface area (Å²) >= 11 is 0. The maximum atomic E-state index is 3.69. The van der Waals surface area contributed by atoms with Gasteiger partial charge in [-0.05, 0) is 56.4 Å². The van der Waals surface area contributed by atoms with E-state index in [1.165, 1.54) is 30.4 Å². The Hall–Kier alpha value is -0.860. The molecule has 0 aromatic heterocycles. The Morgan fingerprint density at radius 2 is 1.71 bits per heavy atom. The molecule has 1 N–H and O–H groups in total. The quantitative estimate of drug-likeness (QED) is 0.692. The molecule has 120 valence electrons. The maximum absolute atomic E-state index is 3.69. The number of rotatable bonds is 10. The topological polar surface area (TPSA) is 15.3 Å². The summed E-state index contributed by atoms with van der Waals surface area (Å²) in [4.78, 5) is 2.43. The molecule has 1 aromatic rings. The summed E-state index contributed by atoms with van der Waals surface area (Å²) in [6.45, 7) is 12.3. The summed E-state index contributed by atoms with van der Waals surface area (Å²) in [5, 5.41) is 3.69. The highest BCUT2D eigenvalue weighted by molar-refractivity contribution is 5.25. The van der Waals surface area contributed by atoms with Crippen LogP contribution >= 0.6 is 0 Å². The first kappa shape index (κ1) is 18.2. The lowest BCUT2D eigenvalue weighted by Crippen LogP contribution is -2.33. The largest absolute Gasteiger partial charge is 0.309 e. The van der Waals surface area contributed by atoms with Crippen molar-refractivity contribution in [1.29, 1.82) is 0 Å². The summed E-state index contributed by atoms with van der Waals surface area (Å²) in [6.07, 6.45) is 3.56. The van der Waals surface area contributed by atoms with E-state index in [0.29, 0.717) is 6.04 Å². The lowest BCUT2D eigenvalue weighted by molar-refractivity contribution is 0.291. The highest BCUT2D eigenvalue weighted by Gasteiger charge is 2.13. The van der Waals surface area contributed by atoms with E-state index in [9.17, 15) is 0 Å². The molecule has 0 aliphatic heterocycles. The van der Waals surface area contributed by atoms with E-state index < -0.39 is 0 Å². The van der Waals surface area contributed by atoms with Gasteiger partial charge in [-0.2, -0.15) is 0 Å². The molecular weight excluding hydrogens is 256 g/mol. The van der Waals surface area contributed by atoms with Crippen molar-refractivity contribution < 1.29 is 0 Å². The third-order valence-corrected chi connectivity index (χ3v) is 3.77. The molecule has 0 amide bonds. The van der Waals surface area contributed by atoms with Crippen LogP contribution in [0.2, 0.25) is 0 Å². The number of nitrogens with zero attached hydrogens (tertiary/aromatic N) is 1. The van der Waals surface area contributed by atoms with Crippen molar-refractivity contribution in [2.75, 3.05) is 26.7 Å². The Labute approximate surface area is 131 Å². The highest BCUT2D eigenvalue weighted by Crippen LogP contribution is 2.17. The van der Waals surface area contributed by atoms with Gasteiger partial charge in [0.15, 0.2) is 0 Å². The SMILES string of the molecule is CCCNC(CN(C)CCC)c1ccc(CC(C)C)cc1. The minimum absolute atomic E-state index is 0.439. The Balaban J connectivity index is 2.72. The van der Waals surface area contributed by atoms with Gasteiger partial charge in [-0.1, -0.05) is 52.0 Å². The van der Waals surface area contributed by atoms with Crippen LogP contribution in [0.25, 0.3) is 0 Å². The van der Waals surface area contributed by atoms with Crippen LogP contribution in [0.4, 0.5) is 0 Å². The fraction of sp³-hybridized carbons (Fsp3) is 0.684. The molecule has 0 bridgehead atoms. The van der Waals surface area contributed by atoms with Gasteiger partial charge in [0.05, 0.1) is 0 Å². The summed E-state index contributed by atoms with van der Waals surface area (Å²) in [7, 11) is 2.22. The van der Waals surface area contributed by atoms with Crippen LogP contribution in [0, 0.1) is 5.92 Å². The second-order valence-corrected chi connectivity index (χ2v) is 6.61. The van der Waals surface area contributed by atoms with E-state index in [4.69, 9.17) is 0 Å². The van der Waals surface area contributed by atoms with Crippen molar-refractivity contribution in [3.63, 3.8) is 0 Å². The molecule has 0 fully saturated rings. The van der Waals surface area contributed by atoms with Gasteiger partial charge in [-0.3, -0.25) is 0 Å². The fourth-order valence-corrected chi connectivity index (χ4v) is 2.75. The molecule has 2 nitrogen and oxygen atoms in total. The molecule has 21 heavy (non-hydrogen) atoms. The zero-order valence-corrected chi connectivity index (χ0v) is 14.7. The predicted molar refractivity (Wildman–Crippen MR) is 93.8 cm³/mol. The Kier molecular flexibility index (Phi) is 8.63. The molecule has 0 saturated carbocycles. The number of hydrogen-bond acceptors (Lipinski definition) is 2. The van der Waals surface area contributed by atoms with Gasteiger partial charge in [-0.25, -0.2) is 0 Å². The zero-order valence-electron chi connectivity index (χ0n) is 14.7. The molecule has 1 unspecified atom stereocenters. The van der Waals surface area contributed by atoms with Gasteiger partial charge in [0, 0.05) is 12.6 Å². The molecule has 0 aliphatic carbocycles. The van der Waals surface area contributed by atoms with Crippen molar-refractivity contribution in [2.45, 2.75) is 53.0 Å². The van der Waals surface area contributed by atoms with Crippen LogP contribution < -0.4 is 5.32 Å². The zero-order chi connectivity index (χ0) is 15.7. The van der Waals surface area contributed by atoms with E-state index in [2.05, 4.69) is 69.2 Å². The van der Waals surface area contributed by atoms with Gasteiger partial charge >= 0.3 is 0 Å². The molecule has 0 heterocycles. The minimum Gasteiger partial charge on any atom is -0.309 e. The Morgan fingerprint density at radius 1 is 1.05 bits per heavy atom. The van der Waals surface area contributed by atoms with E-state index in [-0.39, 0.29) is 0 Å². The van der Waals surface area contributed by atoms with Gasteiger partial charge < -0.3 is 10.2 Å². The summed E-state index contributed by atoms with van der Waals surface area (Å²) < 4.78 is 0. The first-order valence-corrected chi connectivity index (χ1v) is 8.57. The summed E-state index contributed by atoms with van der Waals surface area (Å²) in [5.41, 5.74) is 2.86. The van der Waals surface area contributed by atoms with Crippen LogP contribution in [0.1, 0.15) is 57.7 Å². The van der Waals surface area contributed by atoms with Crippen molar-refractivity contribution in [3.05, 3.63) is 35.4 Å². The summed E-state index contributed by atoms with van der Waals surface area (Å²) in [6, 6.07) is 9.66. The molecule has 0 spiro atoms. The van der Waals surface area contributed by atoms with Gasteiger partial charge in [-0.15, -0.1) is 0 Å². The molecule has 1 atom stereocenters. The van der Waals surface area contributed by atoms with E-state index >= 15 is 0 Å². The number of nitrogens with one attached hydrogen (secondary N) is 1. The van der Waals surface area contributed by atoms with Crippen LogP contribution in [0.5, 0.6) is 0 Å². The smallest absolute Gasteiger partial charge is 0.0449 e. The van der Waals surface area contributed by atoms with Crippen LogP contribution in [-0.2, 0) is 6.42 Å². The maximum Gasteiger partial charge on any atom is 0.0449 e. The fourth-order valence-electron chi connectivity index (χ4n) is 2.75. The monoisotopic (exact) mass is 290 g/mol. The average Bonchev–Trinajstić information content (AvgIpc) is 2.44. The molecular formula is C19H34N2. The lowest BCUT2D eigenvalue weighted by atomic mass is 9.99. The van der Waals surface area contributed by atoms with Crippen molar-refractivity contribution >= 4 is 0 Å². The van der Waals surface area contributed by atoms with Crippen LogP contribution in [0.15, 0.2) is 24.3 Å². The molecule has 1 aromatic carbocycles. The first-order chi connectivity index (χ1) is 10.1. The molecule has 2 heteroatoms. The standard InChI is InChI=1S/C19H34N2/c1-6-12-20-19(15-21(5)13-7-2)18-10-8-17(9-11-18)14-16(3)4/h8-11,16,19-20H,6-7,12-15H2,1-5H3. The minimum atomic E-state index is 0.439. The number of hydrogen-bond donors (Lipinski definition) is 1. The van der Waals surface area contributed by atoms with E-state index in [1.54, 1.807) is 0 Å². The number of likely N-dealkylation sites (N-methyl/N-ethyl adjacent to an activating group) is 1. The van der Waals surface area contributed by atoms with E-state index in [1.807, 2.05) is 0 Å². The van der Waals surface area contributed by atoms with Gasteiger partial charge in [0.2, 0.25) is 0 Å². The van der Waals surface area contributed by atoms with Crippen molar-refractivity contribution in [1.82, 2.24) is 10.2 Å². The normalized spacial score (nSPS) is 13.1. The van der Waals surface area contributed by atoms with Crippen molar-refractivity contribution in [3.8, 4) is 0 Å².